The van der Waals surface area contributed by atoms with Gasteiger partial charge in [-0.05, 0) is 26.0 Å². The highest BCUT2D eigenvalue weighted by atomic mass is 35.5. The monoisotopic (exact) mass is 340 g/mol. The summed E-state index contributed by atoms with van der Waals surface area (Å²) in [5.74, 6) is -1.37. The first-order valence-corrected chi connectivity index (χ1v) is 7.74. The zero-order valence-electron chi connectivity index (χ0n) is 11.0. The molecule has 2 N–H and O–H groups in total. The quantitative estimate of drug-likeness (QED) is 0.862. The molecule has 0 aliphatic carbocycles. The lowest BCUT2D eigenvalue weighted by Gasteiger charge is -2.23. The van der Waals surface area contributed by atoms with Crippen LogP contribution in [-0.2, 0) is 10.2 Å². The van der Waals surface area contributed by atoms with Crippen LogP contribution in [0.4, 0.5) is 5.69 Å². The molecule has 0 aliphatic heterocycles. The summed E-state index contributed by atoms with van der Waals surface area (Å²) in [6, 6.07) is 2.31. The number of anilines is 1. The number of carboxylic acids is 1. The van der Waals surface area contributed by atoms with Gasteiger partial charge in [-0.1, -0.05) is 23.2 Å². The topological polar surface area (TPSA) is 86.7 Å². The predicted octanol–water partition coefficient (Wildman–Crippen LogP) is 2.69. The van der Waals surface area contributed by atoms with E-state index < -0.39 is 16.2 Å². The molecular formula is C11H14Cl2N2O4S. The van der Waals surface area contributed by atoms with Crippen molar-refractivity contribution in [1.82, 2.24) is 4.31 Å². The SMILES string of the molecule is CC(C)N(C)S(=O)(=O)Nc1c(Cl)ccc(Cl)c1C(=O)O. The van der Waals surface area contributed by atoms with Crippen LogP contribution in [0.3, 0.4) is 0 Å². The third-order valence-corrected chi connectivity index (χ3v) is 4.93. The molecular weight excluding hydrogens is 327 g/mol. The maximum Gasteiger partial charge on any atom is 0.339 e. The highest BCUT2D eigenvalue weighted by Gasteiger charge is 2.26. The first kappa shape index (κ1) is 17.0. The number of benzene rings is 1. The van der Waals surface area contributed by atoms with E-state index in [0.29, 0.717) is 0 Å². The molecule has 1 rings (SSSR count). The van der Waals surface area contributed by atoms with E-state index in [1.54, 1.807) is 13.8 Å². The molecule has 0 heterocycles. The van der Waals surface area contributed by atoms with E-state index in [-0.39, 0.29) is 27.3 Å². The number of nitrogens with one attached hydrogen (secondary N) is 1. The minimum Gasteiger partial charge on any atom is -0.478 e. The molecule has 9 heteroatoms. The molecule has 0 bridgehead atoms. The van der Waals surface area contributed by atoms with Gasteiger partial charge in [0.2, 0.25) is 0 Å². The molecule has 0 saturated carbocycles. The van der Waals surface area contributed by atoms with Gasteiger partial charge in [0.1, 0.15) is 5.56 Å². The standard InChI is InChI=1S/C11H14Cl2N2O4S/c1-6(2)15(3)20(18,19)14-10-8(13)5-4-7(12)9(10)11(16)17/h4-6,14H,1-3H3,(H,16,17). The van der Waals surface area contributed by atoms with Gasteiger partial charge in [0.05, 0.1) is 15.7 Å². The summed E-state index contributed by atoms with van der Waals surface area (Å²) in [7, 11) is -2.56. The summed E-state index contributed by atoms with van der Waals surface area (Å²) in [5.41, 5.74) is -0.640. The summed E-state index contributed by atoms with van der Waals surface area (Å²) >= 11 is 11.6. The minimum atomic E-state index is -3.93. The Labute approximate surface area is 127 Å². The average Bonchev–Trinajstić information content (AvgIpc) is 2.32. The smallest absolute Gasteiger partial charge is 0.339 e. The van der Waals surface area contributed by atoms with E-state index in [4.69, 9.17) is 28.3 Å². The maximum absolute atomic E-state index is 12.1. The zero-order chi connectivity index (χ0) is 15.7. The summed E-state index contributed by atoms with van der Waals surface area (Å²) in [6.07, 6.45) is 0. The molecule has 0 aromatic heterocycles. The number of rotatable bonds is 5. The molecule has 6 nitrogen and oxygen atoms in total. The summed E-state index contributed by atoms with van der Waals surface area (Å²) in [6.45, 7) is 3.35. The van der Waals surface area contributed by atoms with Crippen LogP contribution in [0.15, 0.2) is 12.1 Å². The first-order chi connectivity index (χ1) is 9.08. The fraction of sp³-hybridized carbons (Fsp3) is 0.364. The van der Waals surface area contributed by atoms with Gasteiger partial charge in [-0.15, -0.1) is 0 Å². The normalized spacial score (nSPS) is 11.9. The molecule has 0 atom stereocenters. The van der Waals surface area contributed by atoms with Crippen LogP contribution in [0.2, 0.25) is 10.0 Å². The molecule has 0 aliphatic rings. The van der Waals surface area contributed by atoms with E-state index in [1.165, 1.54) is 19.2 Å². The molecule has 1 aromatic carbocycles. The lowest BCUT2D eigenvalue weighted by molar-refractivity contribution is 0.0698. The van der Waals surface area contributed by atoms with Gasteiger partial charge in [0, 0.05) is 13.1 Å². The van der Waals surface area contributed by atoms with Crippen molar-refractivity contribution in [1.29, 1.82) is 0 Å². The fourth-order valence-electron chi connectivity index (χ4n) is 1.34. The van der Waals surface area contributed by atoms with E-state index in [1.807, 2.05) is 0 Å². The minimum absolute atomic E-state index is 0.0486. The Balaban J connectivity index is 3.35. The largest absolute Gasteiger partial charge is 0.478 e. The second-order valence-corrected chi connectivity index (χ2v) is 6.85. The predicted molar refractivity (Wildman–Crippen MR) is 78.9 cm³/mol. The Bertz CT molecular complexity index is 632. The Kier molecular flexibility index (Phi) is 5.26. The molecule has 0 radical (unpaired) electrons. The van der Waals surface area contributed by atoms with Gasteiger partial charge in [-0.25, -0.2) is 4.79 Å². The van der Waals surface area contributed by atoms with Crippen molar-refractivity contribution in [3.8, 4) is 0 Å². The number of carboxylic acid groups (broad SMARTS) is 1. The fourth-order valence-corrected chi connectivity index (χ4v) is 3.01. The van der Waals surface area contributed by atoms with E-state index in [2.05, 4.69) is 4.72 Å². The lowest BCUT2D eigenvalue weighted by Crippen LogP contribution is -2.37. The van der Waals surface area contributed by atoms with Gasteiger partial charge in [-0.2, -0.15) is 12.7 Å². The van der Waals surface area contributed by atoms with Gasteiger partial charge in [-0.3, -0.25) is 4.72 Å². The summed E-state index contributed by atoms with van der Waals surface area (Å²) in [4.78, 5) is 11.2. The van der Waals surface area contributed by atoms with E-state index >= 15 is 0 Å². The Morgan fingerprint density at radius 3 is 2.25 bits per heavy atom. The van der Waals surface area contributed by atoms with Gasteiger partial charge >= 0.3 is 16.2 Å². The Morgan fingerprint density at radius 2 is 1.80 bits per heavy atom. The molecule has 1 aromatic rings. The van der Waals surface area contributed by atoms with E-state index in [9.17, 15) is 13.2 Å². The van der Waals surface area contributed by atoms with Crippen molar-refractivity contribution in [2.45, 2.75) is 19.9 Å². The molecule has 20 heavy (non-hydrogen) atoms. The number of aromatic carboxylic acids is 1. The number of hydrogen-bond donors (Lipinski definition) is 2. The van der Waals surface area contributed by atoms with Crippen LogP contribution >= 0.6 is 23.2 Å². The highest BCUT2D eigenvalue weighted by molar-refractivity contribution is 7.90. The average molecular weight is 341 g/mol. The van der Waals surface area contributed by atoms with Crippen molar-refractivity contribution in [2.24, 2.45) is 0 Å². The Hall–Kier alpha value is -1.02. The Morgan fingerprint density at radius 1 is 1.30 bits per heavy atom. The van der Waals surface area contributed by atoms with Crippen LogP contribution < -0.4 is 4.72 Å². The van der Waals surface area contributed by atoms with Crippen molar-refractivity contribution < 1.29 is 18.3 Å². The summed E-state index contributed by atoms with van der Waals surface area (Å²) in [5, 5.41) is 8.97. The number of nitrogens with zero attached hydrogens (tertiary/aromatic N) is 1. The highest BCUT2D eigenvalue weighted by Crippen LogP contribution is 2.33. The van der Waals surface area contributed by atoms with Crippen LogP contribution in [0.25, 0.3) is 0 Å². The third kappa shape index (κ3) is 3.54. The number of halogens is 2. The van der Waals surface area contributed by atoms with E-state index in [0.717, 1.165) is 4.31 Å². The van der Waals surface area contributed by atoms with Crippen molar-refractivity contribution >= 4 is 45.1 Å². The number of carbonyl (C=O) groups is 1. The number of hydrogen-bond acceptors (Lipinski definition) is 3. The van der Waals surface area contributed by atoms with Crippen molar-refractivity contribution in [2.75, 3.05) is 11.8 Å². The summed E-state index contributed by atoms with van der Waals surface area (Å²) < 4.78 is 27.4. The second kappa shape index (κ2) is 6.17. The molecule has 0 fully saturated rings. The second-order valence-electron chi connectivity index (χ2n) is 4.30. The first-order valence-electron chi connectivity index (χ1n) is 5.55. The molecule has 0 saturated heterocycles. The van der Waals surface area contributed by atoms with Crippen LogP contribution in [0.5, 0.6) is 0 Å². The van der Waals surface area contributed by atoms with Crippen LogP contribution in [0, 0.1) is 0 Å². The zero-order valence-corrected chi connectivity index (χ0v) is 13.3. The molecule has 0 spiro atoms. The third-order valence-electron chi connectivity index (χ3n) is 2.65. The van der Waals surface area contributed by atoms with Crippen LogP contribution in [0.1, 0.15) is 24.2 Å². The molecule has 0 unspecified atom stereocenters. The molecule has 112 valence electrons. The van der Waals surface area contributed by atoms with Gasteiger partial charge < -0.3 is 5.11 Å². The van der Waals surface area contributed by atoms with Gasteiger partial charge in [0.25, 0.3) is 0 Å². The lowest BCUT2D eigenvalue weighted by atomic mass is 10.2. The van der Waals surface area contributed by atoms with Crippen molar-refractivity contribution in [3.05, 3.63) is 27.7 Å². The van der Waals surface area contributed by atoms with Crippen LogP contribution in [-0.4, -0.2) is 36.9 Å². The van der Waals surface area contributed by atoms with Crippen molar-refractivity contribution in [3.63, 3.8) is 0 Å². The molecule has 0 amide bonds. The van der Waals surface area contributed by atoms with Gasteiger partial charge in [0.15, 0.2) is 0 Å². The maximum atomic E-state index is 12.1.